The highest BCUT2D eigenvalue weighted by atomic mass is 16.5. The van der Waals surface area contributed by atoms with Crippen molar-refractivity contribution in [1.82, 2.24) is 10.2 Å². The van der Waals surface area contributed by atoms with E-state index >= 15 is 0 Å². The van der Waals surface area contributed by atoms with Gasteiger partial charge in [-0.05, 0) is 49.9 Å². The summed E-state index contributed by atoms with van der Waals surface area (Å²) in [5.41, 5.74) is 1.23. The van der Waals surface area contributed by atoms with E-state index in [-0.39, 0.29) is 12.5 Å². The van der Waals surface area contributed by atoms with Gasteiger partial charge in [0.2, 0.25) is 0 Å². The summed E-state index contributed by atoms with van der Waals surface area (Å²) in [7, 11) is 0. The maximum atomic E-state index is 12.0. The van der Waals surface area contributed by atoms with Crippen LogP contribution in [0.5, 0.6) is 5.75 Å². The zero-order chi connectivity index (χ0) is 14.9. The van der Waals surface area contributed by atoms with Gasteiger partial charge < -0.3 is 15.0 Å². The van der Waals surface area contributed by atoms with E-state index in [1.54, 1.807) is 0 Å². The molecular formula is C17H26N2O2. The molecule has 2 rings (SSSR count). The minimum absolute atomic E-state index is 0.100. The molecule has 116 valence electrons. The van der Waals surface area contributed by atoms with Crippen LogP contribution in [0.1, 0.15) is 38.2 Å². The summed E-state index contributed by atoms with van der Waals surface area (Å²) in [6.07, 6.45) is 4.61. The molecule has 4 nitrogen and oxygen atoms in total. The maximum Gasteiger partial charge on any atom is 0.260 e. The molecular weight excluding hydrogens is 264 g/mol. The number of hydrogen-bond acceptors (Lipinski definition) is 3. The first kappa shape index (κ1) is 15.8. The second-order valence-electron chi connectivity index (χ2n) is 5.55. The highest BCUT2D eigenvalue weighted by molar-refractivity contribution is 5.77. The second kappa shape index (κ2) is 8.67. The Labute approximate surface area is 127 Å². The van der Waals surface area contributed by atoms with E-state index in [9.17, 15) is 4.79 Å². The Kier molecular flexibility index (Phi) is 6.54. The number of carbonyl (C=O) groups excluding carboxylic acids is 1. The lowest BCUT2D eigenvalue weighted by Gasteiger charge is -2.26. The van der Waals surface area contributed by atoms with E-state index in [0.717, 1.165) is 51.2 Å². The molecule has 0 saturated carbocycles. The van der Waals surface area contributed by atoms with Crippen LogP contribution < -0.4 is 10.1 Å². The number of nitrogens with zero attached hydrogens (tertiary/aromatic N) is 1. The molecule has 0 unspecified atom stereocenters. The Bertz CT molecular complexity index is 425. The van der Waals surface area contributed by atoms with Gasteiger partial charge in [-0.15, -0.1) is 0 Å². The Morgan fingerprint density at radius 2 is 1.90 bits per heavy atom. The summed E-state index contributed by atoms with van der Waals surface area (Å²) in [6.45, 7) is 5.97. The van der Waals surface area contributed by atoms with Crippen molar-refractivity contribution in [3.8, 4) is 5.75 Å². The summed E-state index contributed by atoms with van der Waals surface area (Å²) in [5.74, 6) is 0.864. The Balaban J connectivity index is 1.73. The third-order valence-electron chi connectivity index (χ3n) is 3.75. The van der Waals surface area contributed by atoms with Crippen molar-refractivity contribution >= 4 is 5.91 Å². The highest BCUT2D eigenvalue weighted by Crippen LogP contribution is 2.13. The van der Waals surface area contributed by atoms with Crippen molar-refractivity contribution in [3.63, 3.8) is 0 Å². The van der Waals surface area contributed by atoms with Gasteiger partial charge in [0.1, 0.15) is 5.75 Å². The molecule has 0 bridgehead atoms. The molecule has 1 aliphatic rings. The predicted molar refractivity (Wildman–Crippen MR) is 84.4 cm³/mol. The van der Waals surface area contributed by atoms with Gasteiger partial charge in [0.05, 0.1) is 0 Å². The zero-order valence-electron chi connectivity index (χ0n) is 12.9. The van der Waals surface area contributed by atoms with Crippen LogP contribution in [0.4, 0.5) is 0 Å². The Hall–Kier alpha value is -1.55. The average Bonchev–Trinajstić information content (AvgIpc) is 2.55. The number of piperidine rings is 1. The number of benzene rings is 1. The molecule has 0 aromatic heterocycles. The van der Waals surface area contributed by atoms with E-state index < -0.39 is 0 Å². The minimum Gasteiger partial charge on any atom is -0.484 e. The highest BCUT2D eigenvalue weighted by Gasteiger charge is 2.16. The van der Waals surface area contributed by atoms with Crippen LogP contribution in [0.15, 0.2) is 24.3 Å². The van der Waals surface area contributed by atoms with Gasteiger partial charge in [0, 0.05) is 19.6 Å². The molecule has 21 heavy (non-hydrogen) atoms. The van der Waals surface area contributed by atoms with Gasteiger partial charge in [-0.3, -0.25) is 4.79 Å². The van der Waals surface area contributed by atoms with E-state index in [1.165, 1.54) is 12.0 Å². The van der Waals surface area contributed by atoms with Crippen LogP contribution in [0.2, 0.25) is 0 Å². The van der Waals surface area contributed by atoms with Gasteiger partial charge in [-0.1, -0.05) is 19.1 Å². The normalized spacial score (nSPS) is 15.0. The molecule has 1 aliphatic heterocycles. The minimum atomic E-state index is 0.100. The summed E-state index contributed by atoms with van der Waals surface area (Å²) in [6, 6.07) is 7.96. The fourth-order valence-corrected chi connectivity index (χ4v) is 2.49. The largest absolute Gasteiger partial charge is 0.484 e. The molecule has 1 heterocycles. The zero-order valence-corrected chi connectivity index (χ0v) is 12.9. The first-order valence-electron chi connectivity index (χ1n) is 8.00. The summed E-state index contributed by atoms with van der Waals surface area (Å²) >= 11 is 0. The van der Waals surface area contributed by atoms with E-state index in [1.807, 2.05) is 29.2 Å². The third kappa shape index (κ3) is 5.38. The number of rotatable bonds is 7. The van der Waals surface area contributed by atoms with Gasteiger partial charge in [0.15, 0.2) is 6.61 Å². The van der Waals surface area contributed by atoms with Crippen molar-refractivity contribution in [1.29, 1.82) is 0 Å². The standard InChI is InChI=1S/C17H26N2O2/c1-2-10-18-13-15-6-8-16(9-7-15)21-14-17(20)19-11-4-3-5-12-19/h6-9,18H,2-5,10-14H2,1H3. The van der Waals surface area contributed by atoms with Crippen LogP contribution in [-0.2, 0) is 11.3 Å². The molecule has 1 aromatic rings. The molecule has 1 N–H and O–H groups in total. The molecule has 0 aliphatic carbocycles. The van der Waals surface area contributed by atoms with E-state index in [4.69, 9.17) is 4.74 Å². The van der Waals surface area contributed by atoms with Gasteiger partial charge >= 0.3 is 0 Å². The van der Waals surface area contributed by atoms with Crippen molar-refractivity contribution in [2.45, 2.75) is 39.2 Å². The quantitative estimate of drug-likeness (QED) is 0.785. The van der Waals surface area contributed by atoms with Crippen molar-refractivity contribution in [2.75, 3.05) is 26.2 Å². The van der Waals surface area contributed by atoms with E-state index in [0.29, 0.717) is 0 Å². The molecule has 0 atom stereocenters. The maximum absolute atomic E-state index is 12.0. The molecule has 0 radical (unpaired) electrons. The third-order valence-corrected chi connectivity index (χ3v) is 3.75. The SMILES string of the molecule is CCCNCc1ccc(OCC(=O)N2CCCCC2)cc1. The van der Waals surface area contributed by atoms with Crippen molar-refractivity contribution in [3.05, 3.63) is 29.8 Å². The van der Waals surface area contributed by atoms with Gasteiger partial charge in [-0.25, -0.2) is 0 Å². The lowest BCUT2D eigenvalue weighted by molar-refractivity contribution is -0.134. The van der Waals surface area contributed by atoms with Crippen molar-refractivity contribution in [2.24, 2.45) is 0 Å². The van der Waals surface area contributed by atoms with Gasteiger partial charge in [0.25, 0.3) is 5.91 Å². The summed E-state index contributed by atoms with van der Waals surface area (Å²) in [4.78, 5) is 13.9. The number of nitrogens with one attached hydrogen (secondary N) is 1. The lowest BCUT2D eigenvalue weighted by Crippen LogP contribution is -2.38. The molecule has 1 fully saturated rings. The molecule has 0 spiro atoms. The predicted octanol–water partition coefficient (Wildman–Crippen LogP) is 2.58. The van der Waals surface area contributed by atoms with Crippen LogP contribution in [0, 0.1) is 0 Å². The first-order chi connectivity index (χ1) is 10.3. The smallest absolute Gasteiger partial charge is 0.260 e. The number of amides is 1. The van der Waals surface area contributed by atoms with Gasteiger partial charge in [-0.2, -0.15) is 0 Å². The topological polar surface area (TPSA) is 41.6 Å². The fourth-order valence-electron chi connectivity index (χ4n) is 2.49. The van der Waals surface area contributed by atoms with Crippen LogP contribution in [-0.4, -0.2) is 37.0 Å². The number of carbonyl (C=O) groups is 1. The Morgan fingerprint density at radius 3 is 2.57 bits per heavy atom. The second-order valence-corrected chi connectivity index (χ2v) is 5.55. The Morgan fingerprint density at radius 1 is 1.19 bits per heavy atom. The fraction of sp³-hybridized carbons (Fsp3) is 0.588. The van der Waals surface area contributed by atoms with E-state index in [2.05, 4.69) is 12.2 Å². The molecule has 1 aromatic carbocycles. The monoisotopic (exact) mass is 290 g/mol. The number of likely N-dealkylation sites (tertiary alicyclic amines) is 1. The number of hydrogen-bond donors (Lipinski definition) is 1. The molecule has 4 heteroatoms. The average molecular weight is 290 g/mol. The number of ether oxygens (including phenoxy) is 1. The molecule has 1 saturated heterocycles. The lowest BCUT2D eigenvalue weighted by atomic mass is 10.1. The van der Waals surface area contributed by atoms with Crippen LogP contribution in [0.3, 0.4) is 0 Å². The summed E-state index contributed by atoms with van der Waals surface area (Å²) in [5, 5.41) is 3.36. The van der Waals surface area contributed by atoms with Crippen molar-refractivity contribution < 1.29 is 9.53 Å². The summed E-state index contributed by atoms with van der Waals surface area (Å²) < 4.78 is 5.59. The van der Waals surface area contributed by atoms with Crippen LogP contribution >= 0.6 is 0 Å². The van der Waals surface area contributed by atoms with Crippen LogP contribution in [0.25, 0.3) is 0 Å². The molecule has 1 amide bonds. The first-order valence-corrected chi connectivity index (χ1v) is 8.00.